The van der Waals surface area contributed by atoms with Crippen LogP contribution in [-0.2, 0) is 16.6 Å². The van der Waals surface area contributed by atoms with Crippen LogP contribution in [0.5, 0.6) is 0 Å². The van der Waals surface area contributed by atoms with Crippen molar-refractivity contribution in [2.45, 2.75) is 26.3 Å². The highest BCUT2D eigenvalue weighted by atomic mass is 19.3. The van der Waals surface area contributed by atoms with Crippen LogP contribution in [0.15, 0.2) is 6.20 Å². The Morgan fingerprint density at radius 2 is 1.92 bits per heavy atom. The number of alkyl halides is 2. The molecule has 0 spiro atoms. The maximum atomic E-state index is 12.9. The van der Waals surface area contributed by atoms with Crippen LogP contribution in [0.2, 0.25) is 0 Å². The van der Waals surface area contributed by atoms with Gasteiger partial charge in [-0.25, -0.2) is 13.6 Å². The molecule has 140 valence electrons. The third-order valence-corrected chi connectivity index (χ3v) is 3.85. The van der Waals surface area contributed by atoms with Gasteiger partial charge in [0.25, 0.3) is 6.43 Å². The fourth-order valence-electron chi connectivity index (χ4n) is 2.56. The van der Waals surface area contributed by atoms with Gasteiger partial charge in [-0.3, -0.25) is 9.48 Å². The molecule has 1 saturated heterocycles. The second kappa shape index (κ2) is 8.24. The third-order valence-electron chi connectivity index (χ3n) is 3.85. The number of aromatic nitrogens is 2. The van der Waals surface area contributed by atoms with E-state index in [9.17, 15) is 18.4 Å². The van der Waals surface area contributed by atoms with Crippen molar-refractivity contribution >= 4 is 17.6 Å². The van der Waals surface area contributed by atoms with Gasteiger partial charge in [-0.15, -0.1) is 0 Å². The van der Waals surface area contributed by atoms with Crippen molar-refractivity contribution in [3.05, 3.63) is 11.9 Å². The molecule has 25 heavy (non-hydrogen) atoms. The summed E-state index contributed by atoms with van der Waals surface area (Å²) in [4.78, 5) is 26.4. The highest BCUT2D eigenvalue weighted by Gasteiger charge is 2.30. The first-order valence-electron chi connectivity index (χ1n) is 8.05. The fraction of sp³-hybridized carbons (Fsp3) is 0.667. The molecule has 0 aliphatic carbocycles. The third kappa shape index (κ3) is 4.88. The fourth-order valence-corrected chi connectivity index (χ4v) is 2.56. The van der Waals surface area contributed by atoms with Gasteiger partial charge in [0.15, 0.2) is 5.69 Å². The minimum Gasteiger partial charge on any atom is -0.378 e. The van der Waals surface area contributed by atoms with E-state index < -0.39 is 24.2 Å². The molecule has 1 aliphatic heterocycles. The Morgan fingerprint density at radius 1 is 1.28 bits per heavy atom. The van der Waals surface area contributed by atoms with Crippen LogP contribution in [0, 0.1) is 5.92 Å². The summed E-state index contributed by atoms with van der Waals surface area (Å²) < 4.78 is 32.3. The molecule has 0 aromatic carbocycles. The lowest BCUT2D eigenvalue weighted by Gasteiger charge is -2.32. The van der Waals surface area contributed by atoms with Crippen LogP contribution in [0.3, 0.4) is 0 Å². The Labute approximate surface area is 144 Å². The van der Waals surface area contributed by atoms with Crippen molar-refractivity contribution in [1.29, 1.82) is 0 Å². The Hall–Kier alpha value is -2.23. The number of amides is 3. The number of aryl methyl sites for hydroxylation is 1. The number of hydrogen-bond donors (Lipinski definition) is 2. The van der Waals surface area contributed by atoms with E-state index >= 15 is 0 Å². The predicted molar refractivity (Wildman–Crippen MR) is 86.3 cm³/mol. The summed E-state index contributed by atoms with van der Waals surface area (Å²) >= 11 is 0. The molecular formula is C15H23F2N5O3. The maximum Gasteiger partial charge on any atom is 0.319 e. The molecule has 1 aromatic heterocycles. The molecule has 0 bridgehead atoms. The Morgan fingerprint density at radius 3 is 2.48 bits per heavy atom. The highest BCUT2D eigenvalue weighted by Crippen LogP contribution is 2.25. The van der Waals surface area contributed by atoms with Gasteiger partial charge < -0.3 is 20.3 Å². The van der Waals surface area contributed by atoms with E-state index in [1.807, 2.05) is 0 Å². The van der Waals surface area contributed by atoms with Gasteiger partial charge in [0.05, 0.1) is 18.9 Å². The zero-order valence-corrected chi connectivity index (χ0v) is 14.5. The van der Waals surface area contributed by atoms with Gasteiger partial charge in [-0.05, 0) is 5.92 Å². The van der Waals surface area contributed by atoms with Crippen molar-refractivity contribution in [3.8, 4) is 0 Å². The second-order valence-electron chi connectivity index (χ2n) is 6.16. The minimum absolute atomic E-state index is 0.0867. The number of ether oxygens (including phenoxy) is 1. The number of carbonyl (C=O) groups excluding carboxylic acids is 2. The van der Waals surface area contributed by atoms with E-state index in [0.29, 0.717) is 26.3 Å². The zero-order valence-electron chi connectivity index (χ0n) is 14.5. The summed E-state index contributed by atoms with van der Waals surface area (Å²) in [6, 6.07) is -1.49. The van der Waals surface area contributed by atoms with Crippen LogP contribution < -0.4 is 10.6 Å². The van der Waals surface area contributed by atoms with Crippen molar-refractivity contribution in [2.24, 2.45) is 13.0 Å². The standard InChI is InChI=1S/C15H23F2N5O3/c1-9(2)11(14(23)22-4-6-25-7-5-22)19-15(24)18-10-8-21(3)20-12(10)13(16)17/h8-9,11,13H,4-7H2,1-3H3,(H2,18,19,24). The Kier molecular flexibility index (Phi) is 6.29. The first-order chi connectivity index (χ1) is 11.8. The van der Waals surface area contributed by atoms with Crippen molar-refractivity contribution in [1.82, 2.24) is 20.0 Å². The lowest BCUT2D eigenvalue weighted by atomic mass is 10.0. The van der Waals surface area contributed by atoms with E-state index in [0.717, 1.165) is 0 Å². The number of anilines is 1. The van der Waals surface area contributed by atoms with Gasteiger partial charge in [-0.1, -0.05) is 13.8 Å². The van der Waals surface area contributed by atoms with Crippen molar-refractivity contribution in [3.63, 3.8) is 0 Å². The van der Waals surface area contributed by atoms with Crippen molar-refractivity contribution < 1.29 is 23.1 Å². The molecular weight excluding hydrogens is 336 g/mol. The van der Waals surface area contributed by atoms with Crippen LogP contribution >= 0.6 is 0 Å². The first-order valence-corrected chi connectivity index (χ1v) is 8.05. The number of urea groups is 1. The molecule has 1 aliphatic rings. The zero-order chi connectivity index (χ0) is 18.6. The smallest absolute Gasteiger partial charge is 0.319 e. The molecule has 1 aromatic rings. The van der Waals surface area contributed by atoms with Gasteiger partial charge in [-0.2, -0.15) is 5.10 Å². The second-order valence-corrected chi connectivity index (χ2v) is 6.16. The first kappa shape index (κ1) is 19.1. The summed E-state index contributed by atoms with van der Waals surface area (Å²) in [6.07, 6.45) is -1.53. The van der Waals surface area contributed by atoms with Gasteiger partial charge in [0, 0.05) is 26.3 Å². The molecule has 1 atom stereocenters. The van der Waals surface area contributed by atoms with Gasteiger partial charge in [0.1, 0.15) is 6.04 Å². The summed E-state index contributed by atoms with van der Waals surface area (Å²) in [6.45, 7) is 5.44. The van der Waals surface area contributed by atoms with E-state index in [4.69, 9.17) is 4.74 Å². The highest BCUT2D eigenvalue weighted by molar-refractivity contribution is 5.94. The molecule has 2 heterocycles. The SMILES string of the molecule is CC(C)C(NC(=O)Nc1cn(C)nc1C(F)F)C(=O)N1CCOCC1. The monoisotopic (exact) mass is 359 g/mol. The molecule has 2 rings (SSSR count). The van der Waals surface area contributed by atoms with Crippen LogP contribution in [-0.4, -0.2) is 59.0 Å². The average Bonchev–Trinajstić information content (AvgIpc) is 2.93. The van der Waals surface area contributed by atoms with Gasteiger partial charge >= 0.3 is 6.03 Å². The van der Waals surface area contributed by atoms with Crippen LogP contribution in [0.1, 0.15) is 26.0 Å². The molecule has 8 nitrogen and oxygen atoms in total. The summed E-state index contributed by atoms with van der Waals surface area (Å²) in [5, 5.41) is 8.54. The van der Waals surface area contributed by atoms with E-state index in [1.54, 1.807) is 18.7 Å². The lowest BCUT2D eigenvalue weighted by molar-refractivity contribution is -0.138. The maximum absolute atomic E-state index is 12.9. The molecule has 0 saturated carbocycles. The quantitative estimate of drug-likeness (QED) is 0.831. The topological polar surface area (TPSA) is 88.5 Å². The number of hydrogen-bond acceptors (Lipinski definition) is 4. The average molecular weight is 359 g/mol. The predicted octanol–water partition coefficient (Wildman–Crippen LogP) is 1.36. The number of rotatable bonds is 5. The molecule has 3 amide bonds. The van der Waals surface area contributed by atoms with Crippen molar-refractivity contribution in [2.75, 3.05) is 31.6 Å². The summed E-state index contributed by atoms with van der Waals surface area (Å²) in [7, 11) is 1.48. The Bertz CT molecular complexity index is 614. The van der Waals surface area contributed by atoms with Crippen LogP contribution in [0.25, 0.3) is 0 Å². The summed E-state index contributed by atoms with van der Waals surface area (Å²) in [5.41, 5.74) is -0.602. The van der Waals surface area contributed by atoms with E-state index in [1.165, 1.54) is 17.9 Å². The summed E-state index contributed by atoms with van der Waals surface area (Å²) in [5.74, 6) is -0.377. The van der Waals surface area contributed by atoms with E-state index in [-0.39, 0.29) is 17.5 Å². The Balaban J connectivity index is 2.04. The number of morpholine rings is 1. The van der Waals surface area contributed by atoms with Crippen LogP contribution in [0.4, 0.5) is 19.3 Å². The number of halogens is 2. The molecule has 10 heteroatoms. The normalized spacial score (nSPS) is 16.2. The number of carbonyl (C=O) groups is 2. The van der Waals surface area contributed by atoms with E-state index in [2.05, 4.69) is 15.7 Å². The minimum atomic E-state index is -2.81. The molecule has 0 radical (unpaired) electrons. The lowest BCUT2D eigenvalue weighted by Crippen LogP contribution is -2.54. The number of nitrogens with zero attached hydrogens (tertiary/aromatic N) is 3. The molecule has 2 N–H and O–H groups in total. The molecule has 1 fully saturated rings. The molecule has 1 unspecified atom stereocenters. The number of nitrogens with one attached hydrogen (secondary N) is 2. The largest absolute Gasteiger partial charge is 0.378 e. The van der Waals surface area contributed by atoms with Gasteiger partial charge in [0.2, 0.25) is 5.91 Å².